The SMILES string of the molecule is COc1ccc(C2(C(=O)N3CCN(C(C)=O)C[C@@H](Cc4cnc5[nH]ccc5c4)C3)CCCC2)cc1. The van der Waals surface area contributed by atoms with Crippen LogP contribution in [0.15, 0.2) is 48.8 Å². The fourth-order valence-electron chi connectivity index (χ4n) is 5.95. The van der Waals surface area contributed by atoms with Crippen LogP contribution in [0.4, 0.5) is 0 Å². The molecule has 7 heteroatoms. The summed E-state index contributed by atoms with van der Waals surface area (Å²) in [6.07, 6.45) is 8.41. The first-order valence-corrected chi connectivity index (χ1v) is 12.6. The number of ether oxygens (including phenoxy) is 1. The topological polar surface area (TPSA) is 78.5 Å². The molecule has 0 radical (unpaired) electrons. The highest BCUT2D eigenvalue weighted by Gasteiger charge is 2.45. The first-order valence-electron chi connectivity index (χ1n) is 12.6. The van der Waals surface area contributed by atoms with E-state index in [0.29, 0.717) is 26.2 Å². The van der Waals surface area contributed by atoms with E-state index in [1.165, 1.54) is 0 Å². The third-order valence-corrected chi connectivity index (χ3v) is 7.82. The first-order chi connectivity index (χ1) is 17.0. The summed E-state index contributed by atoms with van der Waals surface area (Å²) >= 11 is 0. The van der Waals surface area contributed by atoms with Gasteiger partial charge in [-0.1, -0.05) is 25.0 Å². The van der Waals surface area contributed by atoms with Gasteiger partial charge in [0.15, 0.2) is 0 Å². The summed E-state index contributed by atoms with van der Waals surface area (Å²) in [7, 11) is 1.66. The van der Waals surface area contributed by atoms with Gasteiger partial charge >= 0.3 is 0 Å². The molecule has 3 aromatic rings. The Balaban J connectivity index is 1.41. The number of hydrogen-bond donors (Lipinski definition) is 1. The van der Waals surface area contributed by atoms with Crippen LogP contribution in [0.3, 0.4) is 0 Å². The van der Waals surface area contributed by atoms with Gasteiger partial charge in [-0.25, -0.2) is 4.98 Å². The van der Waals surface area contributed by atoms with Gasteiger partial charge in [0.2, 0.25) is 11.8 Å². The number of rotatable bonds is 5. The van der Waals surface area contributed by atoms with E-state index >= 15 is 0 Å². The molecule has 0 unspecified atom stereocenters. The molecule has 3 heterocycles. The minimum absolute atomic E-state index is 0.0641. The molecule has 2 aliphatic rings. The Bertz CT molecular complexity index is 1200. The van der Waals surface area contributed by atoms with Crippen LogP contribution in [0.1, 0.15) is 43.7 Å². The zero-order valence-electron chi connectivity index (χ0n) is 20.6. The van der Waals surface area contributed by atoms with Crippen molar-refractivity contribution in [3.05, 3.63) is 59.9 Å². The van der Waals surface area contributed by atoms with Crippen molar-refractivity contribution in [1.82, 2.24) is 19.8 Å². The van der Waals surface area contributed by atoms with Crippen molar-refractivity contribution < 1.29 is 14.3 Å². The normalized spacial score (nSPS) is 20.1. The fourth-order valence-corrected chi connectivity index (χ4v) is 5.95. The molecule has 1 aliphatic heterocycles. The van der Waals surface area contributed by atoms with Crippen LogP contribution in [0.2, 0.25) is 0 Å². The highest BCUT2D eigenvalue weighted by atomic mass is 16.5. The van der Waals surface area contributed by atoms with Crippen LogP contribution in [-0.4, -0.2) is 64.9 Å². The van der Waals surface area contributed by atoms with Gasteiger partial charge in [0, 0.05) is 50.9 Å². The fraction of sp³-hybridized carbons (Fsp3) is 0.464. The molecule has 1 aliphatic carbocycles. The lowest BCUT2D eigenvalue weighted by molar-refractivity contribution is -0.138. The number of carbonyl (C=O) groups is 2. The highest BCUT2D eigenvalue weighted by Crippen LogP contribution is 2.43. The quantitative estimate of drug-likeness (QED) is 0.608. The maximum Gasteiger partial charge on any atom is 0.233 e. The molecule has 7 nitrogen and oxygen atoms in total. The number of aromatic amines is 1. The monoisotopic (exact) mass is 474 g/mol. The van der Waals surface area contributed by atoms with Crippen molar-refractivity contribution in [3.63, 3.8) is 0 Å². The summed E-state index contributed by atoms with van der Waals surface area (Å²) in [6.45, 7) is 4.07. The number of aromatic nitrogens is 2. The summed E-state index contributed by atoms with van der Waals surface area (Å²) in [5.41, 5.74) is 2.59. The molecule has 5 rings (SSSR count). The highest BCUT2D eigenvalue weighted by molar-refractivity contribution is 5.89. The van der Waals surface area contributed by atoms with Crippen LogP contribution in [0.25, 0.3) is 11.0 Å². The Hall–Kier alpha value is -3.35. The molecule has 1 saturated heterocycles. The van der Waals surface area contributed by atoms with E-state index < -0.39 is 5.41 Å². The molecule has 1 saturated carbocycles. The van der Waals surface area contributed by atoms with Gasteiger partial charge in [-0.05, 0) is 60.6 Å². The maximum absolute atomic E-state index is 14.2. The molecule has 35 heavy (non-hydrogen) atoms. The van der Waals surface area contributed by atoms with Gasteiger partial charge in [0.1, 0.15) is 11.4 Å². The molecule has 0 bridgehead atoms. The Morgan fingerprint density at radius 2 is 1.80 bits per heavy atom. The summed E-state index contributed by atoms with van der Waals surface area (Å²) in [6, 6.07) is 12.2. The van der Waals surface area contributed by atoms with Crippen molar-refractivity contribution in [2.45, 2.75) is 44.4 Å². The number of nitrogens with zero attached hydrogens (tertiary/aromatic N) is 3. The lowest BCUT2D eigenvalue weighted by Gasteiger charge is -2.35. The molecule has 1 atom stereocenters. The van der Waals surface area contributed by atoms with Crippen LogP contribution < -0.4 is 4.74 Å². The Morgan fingerprint density at radius 3 is 2.51 bits per heavy atom. The maximum atomic E-state index is 14.2. The van der Waals surface area contributed by atoms with Gasteiger partial charge in [-0.15, -0.1) is 0 Å². The molecular weight excluding hydrogens is 440 g/mol. The molecule has 2 aromatic heterocycles. The molecular formula is C28H34N4O3. The molecule has 2 fully saturated rings. The van der Waals surface area contributed by atoms with Crippen molar-refractivity contribution in [1.29, 1.82) is 0 Å². The third kappa shape index (κ3) is 4.64. The van der Waals surface area contributed by atoms with E-state index in [1.54, 1.807) is 14.0 Å². The lowest BCUT2D eigenvalue weighted by atomic mass is 9.77. The Morgan fingerprint density at radius 1 is 1.09 bits per heavy atom. The first kappa shape index (κ1) is 23.4. The zero-order valence-corrected chi connectivity index (χ0v) is 20.6. The minimum Gasteiger partial charge on any atom is -0.497 e. The summed E-state index contributed by atoms with van der Waals surface area (Å²) < 4.78 is 5.34. The average molecular weight is 475 g/mol. The smallest absolute Gasteiger partial charge is 0.233 e. The van der Waals surface area contributed by atoms with Crippen molar-refractivity contribution >= 4 is 22.8 Å². The largest absolute Gasteiger partial charge is 0.497 e. The van der Waals surface area contributed by atoms with Gasteiger partial charge < -0.3 is 19.5 Å². The van der Waals surface area contributed by atoms with Crippen LogP contribution >= 0.6 is 0 Å². The Kier molecular flexibility index (Phi) is 6.50. The number of benzene rings is 1. The number of pyridine rings is 1. The van der Waals surface area contributed by atoms with Crippen LogP contribution in [-0.2, 0) is 21.4 Å². The van der Waals surface area contributed by atoms with Crippen LogP contribution in [0, 0.1) is 5.92 Å². The minimum atomic E-state index is -0.492. The average Bonchev–Trinajstić information content (AvgIpc) is 3.50. The lowest BCUT2D eigenvalue weighted by Crippen LogP contribution is -2.48. The van der Waals surface area contributed by atoms with Crippen molar-refractivity contribution in [2.75, 3.05) is 33.3 Å². The predicted molar refractivity (Wildman–Crippen MR) is 135 cm³/mol. The van der Waals surface area contributed by atoms with Crippen molar-refractivity contribution in [2.24, 2.45) is 5.92 Å². The molecule has 2 amide bonds. The van der Waals surface area contributed by atoms with Gasteiger partial charge in [0.05, 0.1) is 12.5 Å². The third-order valence-electron chi connectivity index (χ3n) is 7.82. The second-order valence-electron chi connectivity index (χ2n) is 10.1. The van der Waals surface area contributed by atoms with Gasteiger partial charge in [-0.3, -0.25) is 9.59 Å². The molecule has 1 N–H and O–H groups in total. The van der Waals surface area contributed by atoms with E-state index in [4.69, 9.17) is 4.74 Å². The van der Waals surface area contributed by atoms with E-state index in [2.05, 4.69) is 28.2 Å². The number of amides is 2. The summed E-state index contributed by atoms with van der Waals surface area (Å²) in [5.74, 6) is 1.22. The van der Waals surface area contributed by atoms with E-state index in [1.807, 2.05) is 40.4 Å². The van der Waals surface area contributed by atoms with Crippen molar-refractivity contribution in [3.8, 4) is 5.75 Å². The van der Waals surface area contributed by atoms with Crippen LogP contribution in [0.5, 0.6) is 5.75 Å². The predicted octanol–water partition coefficient (Wildman–Crippen LogP) is 3.93. The zero-order chi connectivity index (χ0) is 24.4. The van der Waals surface area contributed by atoms with E-state index in [9.17, 15) is 9.59 Å². The summed E-state index contributed by atoms with van der Waals surface area (Å²) in [4.78, 5) is 38.2. The van der Waals surface area contributed by atoms with Gasteiger partial charge in [-0.2, -0.15) is 0 Å². The summed E-state index contributed by atoms with van der Waals surface area (Å²) in [5, 5.41) is 1.08. The van der Waals surface area contributed by atoms with E-state index in [0.717, 1.165) is 60.0 Å². The number of methoxy groups -OCH3 is 1. The molecule has 1 aromatic carbocycles. The number of carbonyl (C=O) groups excluding carboxylic acids is 2. The second kappa shape index (κ2) is 9.72. The number of nitrogens with one attached hydrogen (secondary N) is 1. The van der Waals surface area contributed by atoms with E-state index in [-0.39, 0.29) is 17.7 Å². The second-order valence-corrected chi connectivity index (χ2v) is 10.1. The van der Waals surface area contributed by atoms with Gasteiger partial charge in [0.25, 0.3) is 0 Å². The standard InChI is InChI=1S/C28H34N4O3/c1-20(33)31-13-14-32(19-22(18-31)15-21-16-23-9-12-29-26(23)30-17-21)27(34)28(10-3-4-11-28)24-5-7-25(35-2)8-6-24/h5-9,12,16-17,22H,3-4,10-11,13-15,18-19H2,1-2H3,(H,29,30)/t22-/m1/s1. The molecule has 184 valence electrons. The number of hydrogen-bond acceptors (Lipinski definition) is 4. The molecule has 0 spiro atoms. The number of H-pyrrole nitrogens is 1. The Labute approximate surface area is 206 Å². The number of fused-ring (bicyclic) bond motifs is 1.